The highest BCUT2D eigenvalue weighted by Crippen LogP contribution is 2.37. The number of hydrogen-bond donors (Lipinski definition) is 3. The Balaban J connectivity index is 1.97. The number of aryl methyl sites for hydroxylation is 1. The molecule has 3 N–H and O–H groups in total. The molecule has 0 spiro atoms. The highest BCUT2D eigenvalue weighted by Gasteiger charge is 2.44. The van der Waals surface area contributed by atoms with Crippen molar-refractivity contribution in [1.29, 1.82) is 0 Å². The van der Waals surface area contributed by atoms with Crippen LogP contribution in [0.5, 0.6) is 5.75 Å². The molecule has 1 aliphatic carbocycles. The number of unbranched alkanes of at least 4 members (excludes halogenated alkanes) is 2. The Morgan fingerprint density at radius 3 is 2.31 bits per heavy atom. The Kier molecular flexibility index (Phi) is 10.4. The van der Waals surface area contributed by atoms with E-state index in [9.17, 15) is 19.5 Å². The third-order valence-electron chi connectivity index (χ3n) is 6.65. The predicted molar refractivity (Wildman–Crippen MR) is 151 cm³/mol. The molecule has 39 heavy (non-hydrogen) atoms. The fourth-order valence-electron chi connectivity index (χ4n) is 4.56. The normalized spacial score (nSPS) is 14.7. The van der Waals surface area contributed by atoms with Crippen LogP contribution in [0.25, 0.3) is 0 Å². The highest BCUT2D eigenvalue weighted by molar-refractivity contribution is 5.93. The van der Waals surface area contributed by atoms with E-state index in [0.717, 1.165) is 48.8 Å². The van der Waals surface area contributed by atoms with E-state index < -0.39 is 23.8 Å². The van der Waals surface area contributed by atoms with Crippen molar-refractivity contribution in [3.63, 3.8) is 0 Å². The average Bonchev–Trinajstić information content (AvgIpc) is 3.70. The molecule has 0 radical (unpaired) electrons. The van der Waals surface area contributed by atoms with Crippen molar-refractivity contribution in [2.45, 2.75) is 96.9 Å². The zero-order valence-corrected chi connectivity index (χ0v) is 23.8. The summed E-state index contributed by atoms with van der Waals surface area (Å²) in [6.07, 6.45) is 3.97. The van der Waals surface area contributed by atoms with E-state index in [0.29, 0.717) is 6.54 Å². The van der Waals surface area contributed by atoms with E-state index in [-0.39, 0.29) is 30.0 Å². The molecule has 8 heteroatoms. The summed E-state index contributed by atoms with van der Waals surface area (Å²) in [6.45, 7) is 9.87. The summed E-state index contributed by atoms with van der Waals surface area (Å²) in [5.41, 5.74) is 1.70. The third-order valence-corrected chi connectivity index (χ3v) is 6.65. The van der Waals surface area contributed by atoms with Crippen molar-refractivity contribution < 1.29 is 24.2 Å². The summed E-state index contributed by atoms with van der Waals surface area (Å²) in [5, 5.41) is 15.6. The van der Waals surface area contributed by atoms with E-state index in [1.807, 2.05) is 31.2 Å². The first-order valence-electron chi connectivity index (χ1n) is 13.9. The summed E-state index contributed by atoms with van der Waals surface area (Å²) < 4.78 is 5.48. The Morgan fingerprint density at radius 2 is 1.72 bits per heavy atom. The van der Waals surface area contributed by atoms with Gasteiger partial charge in [-0.15, -0.1) is 0 Å². The molecular weight excluding hydrogens is 494 g/mol. The number of alkyl carbamates (subject to hydrolysis) is 1. The maximum Gasteiger partial charge on any atom is 0.408 e. The van der Waals surface area contributed by atoms with Crippen LogP contribution in [-0.2, 0) is 20.7 Å². The monoisotopic (exact) mass is 537 g/mol. The van der Waals surface area contributed by atoms with Crippen molar-refractivity contribution in [3.8, 4) is 5.75 Å². The smallest absolute Gasteiger partial charge is 0.408 e. The van der Waals surface area contributed by atoms with Crippen molar-refractivity contribution in [1.82, 2.24) is 15.5 Å². The van der Waals surface area contributed by atoms with Crippen molar-refractivity contribution in [2.24, 2.45) is 0 Å². The van der Waals surface area contributed by atoms with Crippen LogP contribution in [0.4, 0.5) is 4.79 Å². The highest BCUT2D eigenvalue weighted by atomic mass is 16.6. The minimum atomic E-state index is -0.968. The lowest BCUT2D eigenvalue weighted by molar-refractivity contribution is -0.143. The molecule has 3 rings (SSSR count). The van der Waals surface area contributed by atoms with E-state index in [1.54, 1.807) is 49.9 Å². The van der Waals surface area contributed by atoms with Gasteiger partial charge < -0.3 is 25.4 Å². The van der Waals surface area contributed by atoms with Gasteiger partial charge in [-0.05, 0) is 75.8 Å². The molecule has 2 aromatic carbocycles. The third kappa shape index (κ3) is 9.01. The van der Waals surface area contributed by atoms with Gasteiger partial charge in [0.05, 0.1) is 0 Å². The second-order valence-electron chi connectivity index (χ2n) is 11.3. The quantitative estimate of drug-likeness (QED) is 0.324. The fourth-order valence-corrected chi connectivity index (χ4v) is 4.56. The summed E-state index contributed by atoms with van der Waals surface area (Å²) in [7, 11) is 0. The molecule has 8 nitrogen and oxygen atoms in total. The summed E-state index contributed by atoms with van der Waals surface area (Å²) in [5.74, 6) is -0.449. The minimum absolute atomic E-state index is 0.105. The zero-order valence-electron chi connectivity index (χ0n) is 23.8. The van der Waals surface area contributed by atoms with Gasteiger partial charge in [-0.25, -0.2) is 4.79 Å². The number of rotatable bonds is 12. The molecule has 0 heterocycles. The van der Waals surface area contributed by atoms with Crippen molar-refractivity contribution in [3.05, 3.63) is 65.2 Å². The summed E-state index contributed by atoms with van der Waals surface area (Å²) in [6, 6.07) is 12.2. The predicted octanol–water partition coefficient (Wildman–Crippen LogP) is 5.18. The summed E-state index contributed by atoms with van der Waals surface area (Å²) in [4.78, 5) is 42.6. The Labute approximate surface area is 232 Å². The lowest BCUT2D eigenvalue weighted by Crippen LogP contribution is -2.54. The van der Waals surface area contributed by atoms with E-state index in [1.165, 1.54) is 0 Å². The number of amides is 3. The van der Waals surface area contributed by atoms with Crippen LogP contribution in [0.2, 0.25) is 0 Å². The Hall–Kier alpha value is -3.55. The van der Waals surface area contributed by atoms with Crippen LogP contribution >= 0.6 is 0 Å². The number of aromatic hydroxyl groups is 1. The van der Waals surface area contributed by atoms with E-state index >= 15 is 0 Å². The lowest BCUT2D eigenvalue weighted by Gasteiger charge is -2.35. The molecule has 0 aliphatic heterocycles. The van der Waals surface area contributed by atoms with Gasteiger partial charge >= 0.3 is 6.09 Å². The number of carbonyl (C=O) groups excluding carboxylic acids is 3. The lowest BCUT2D eigenvalue weighted by atomic mass is 9.96. The number of nitrogens with zero attached hydrogens (tertiary/aromatic N) is 1. The topological polar surface area (TPSA) is 108 Å². The second-order valence-corrected chi connectivity index (χ2v) is 11.3. The molecule has 2 aromatic rings. The first-order chi connectivity index (χ1) is 18.5. The van der Waals surface area contributed by atoms with Crippen LogP contribution in [0.15, 0.2) is 48.5 Å². The molecule has 2 unspecified atom stereocenters. The number of benzene rings is 2. The molecule has 1 fully saturated rings. The maximum absolute atomic E-state index is 14.3. The first-order valence-corrected chi connectivity index (χ1v) is 13.9. The van der Waals surface area contributed by atoms with Gasteiger partial charge in [0.2, 0.25) is 11.8 Å². The number of ether oxygens (including phenoxy) is 1. The van der Waals surface area contributed by atoms with Gasteiger partial charge in [0, 0.05) is 19.0 Å². The zero-order chi connectivity index (χ0) is 28.6. The number of carbonyl (C=O) groups is 3. The van der Waals surface area contributed by atoms with Gasteiger partial charge in [0.15, 0.2) is 0 Å². The standard InChI is InChI=1S/C31H43N3O5/c1-6-7-10-19-32-28(36)27(25-12-9-8-11-21(25)2)34(23-15-16-23)29(37)26(33-30(38)39-31(3,4)5)20-22-13-17-24(35)18-14-22/h8-9,11-14,17-18,23,26-27,35H,6-7,10,15-16,19-20H2,1-5H3,(H,32,36)(H,33,38). The van der Waals surface area contributed by atoms with Crippen LogP contribution in [0.3, 0.4) is 0 Å². The van der Waals surface area contributed by atoms with Crippen molar-refractivity contribution >= 4 is 17.9 Å². The Bertz CT molecular complexity index is 1120. The minimum Gasteiger partial charge on any atom is -0.508 e. The van der Waals surface area contributed by atoms with Crippen LogP contribution < -0.4 is 10.6 Å². The van der Waals surface area contributed by atoms with Gasteiger partial charge in [0.1, 0.15) is 23.4 Å². The first kappa shape index (κ1) is 30.0. The number of nitrogens with one attached hydrogen (secondary N) is 2. The van der Waals surface area contributed by atoms with Gasteiger partial charge in [-0.3, -0.25) is 9.59 Å². The van der Waals surface area contributed by atoms with Gasteiger partial charge in [0.25, 0.3) is 0 Å². The molecule has 3 amide bonds. The SMILES string of the molecule is CCCCCNC(=O)C(c1ccccc1C)N(C(=O)C(Cc1ccc(O)cc1)NC(=O)OC(C)(C)C)C1CC1. The number of phenols is 1. The van der Waals surface area contributed by atoms with E-state index in [2.05, 4.69) is 17.6 Å². The molecule has 0 bridgehead atoms. The Morgan fingerprint density at radius 1 is 1.05 bits per heavy atom. The maximum atomic E-state index is 14.3. The largest absolute Gasteiger partial charge is 0.508 e. The van der Waals surface area contributed by atoms with Crippen LogP contribution in [-0.4, -0.2) is 52.1 Å². The van der Waals surface area contributed by atoms with Crippen LogP contribution in [0, 0.1) is 6.92 Å². The average molecular weight is 538 g/mol. The molecule has 212 valence electrons. The number of hydrogen-bond acceptors (Lipinski definition) is 5. The fraction of sp³-hybridized carbons (Fsp3) is 0.516. The van der Waals surface area contributed by atoms with Crippen molar-refractivity contribution in [2.75, 3.05) is 6.54 Å². The molecule has 0 aromatic heterocycles. The number of phenolic OH excluding ortho intramolecular Hbond substituents is 1. The molecule has 2 atom stereocenters. The second kappa shape index (κ2) is 13.5. The molecule has 1 saturated carbocycles. The van der Waals surface area contributed by atoms with Gasteiger partial charge in [-0.1, -0.05) is 56.2 Å². The van der Waals surface area contributed by atoms with Gasteiger partial charge in [-0.2, -0.15) is 0 Å². The van der Waals surface area contributed by atoms with E-state index in [4.69, 9.17) is 4.74 Å². The van der Waals surface area contributed by atoms with Crippen LogP contribution in [0.1, 0.15) is 82.5 Å². The molecule has 0 saturated heterocycles. The molecule has 1 aliphatic rings. The molecular formula is C31H43N3O5. The summed E-state index contributed by atoms with van der Waals surface area (Å²) >= 11 is 0.